The van der Waals surface area contributed by atoms with Crippen molar-refractivity contribution in [3.8, 4) is 0 Å². The highest BCUT2D eigenvalue weighted by Crippen LogP contribution is 2.16. The molecule has 0 spiro atoms. The molecular weight excluding hydrogens is 218 g/mol. The zero-order valence-corrected chi connectivity index (χ0v) is 9.79. The fourth-order valence-corrected chi connectivity index (χ4v) is 1.65. The Morgan fingerprint density at radius 1 is 1.29 bits per heavy atom. The van der Waals surface area contributed by atoms with Crippen LogP contribution in [0.4, 0.5) is 5.69 Å². The van der Waals surface area contributed by atoms with E-state index in [1.54, 1.807) is 11.6 Å². The first-order valence-electron chi connectivity index (χ1n) is 5.32. The van der Waals surface area contributed by atoms with Crippen LogP contribution in [0.25, 0.3) is 0 Å². The Labute approximate surface area is 98.8 Å². The quantitative estimate of drug-likeness (QED) is 0.826. The molecule has 0 atom stereocenters. The third kappa shape index (κ3) is 2.33. The van der Waals surface area contributed by atoms with Crippen molar-refractivity contribution >= 4 is 5.69 Å². The lowest BCUT2D eigenvalue weighted by Crippen LogP contribution is -2.04. The topological polar surface area (TPSA) is 58.1 Å². The van der Waals surface area contributed by atoms with Gasteiger partial charge in [0.05, 0.1) is 11.5 Å². The molecule has 1 aromatic carbocycles. The number of nitrogens with zero attached hydrogens (tertiary/aromatic N) is 3. The summed E-state index contributed by atoms with van der Waals surface area (Å²) in [5, 5.41) is 12.9. The highest BCUT2D eigenvalue weighted by atomic mass is 16.6. The Morgan fingerprint density at radius 2 is 1.94 bits per heavy atom. The fourth-order valence-electron chi connectivity index (χ4n) is 1.65. The number of hydrogen-bond donors (Lipinski definition) is 1. The molecule has 17 heavy (non-hydrogen) atoms. The fraction of sp³-hybridized carbons (Fsp3) is 0.250. The molecule has 0 saturated heterocycles. The standard InChI is InChI=1S/C12H14N3O2/c1-9-3-5-11(6-4-9)8-14-10(2)12(7-13-14)15(16)17/h3-7H,8H2,1-2H3,(H,16,17)/q+1. The summed E-state index contributed by atoms with van der Waals surface area (Å²) in [4.78, 5) is 10.6. The van der Waals surface area contributed by atoms with E-state index in [2.05, 4.69) is 5.10 Å². The Morgan fingerprint density at radius 3 is 2.47 bits per heavy atom. The smallest absolute Gasteiger partial charge is 0.258 e. The van der Waals surface area contributed by atoms with Crippen LogP contribution in [0.3, 0.4) is 0 Å². The average molecular weight is 232 g/mol. The van der Waals surface area contributed by atoms with Crippen LogP contribution in [-0.4, -0.2) is 19.9 Å². The minimum absolute atomic E-state index is 0.159. The predicted octanol–water partition coefficient (Wildman–Crippen LogP) is 2.35. The average Bonchev–Trinajstić information content (AvgIpc) is 2.64. The van der Waals surface area contributed by atoms with Crippen LogP contribution in [-0.2, 0) is 6.54 Å². The molecule has 0 saturated carbocycles. The molecule has 0 unspecified atom stereocenters. The number of benzene rings is 1. The summed E-state index contributed by atoms with van der Waals surface area (Å²) in [5.74, 6) is 0. The van der Waals surface area contributed by atoms with Crippen LogP contribution in [0.5, 0.6) is 0 Å². The Kier molecular flexibility index (Phi) is 2.91. The van der Waals surface area contributed by atoms with Gasteiger partial charge in [-0.15, -0.1) is 0 Å². The van der Waals surface area contributed by atoms with Gasteiger partial charge in [-0.1, -0.05) is 29.8 Å². The van der Waals surface area contributed by atoms with Crippen LogP contribution in [0.2, 0.25) is 0 Å². The lowest BCUT2D eigenvalue weighted by atomic mass is 10.1. The summed E-state index contributed by atoms with van der Waals surface area (Å²) < 4.78 is 1.68. The minimum Gasteiger partial charge on any atom is -0.258 e. The molecule has 0 fully saturated rings. The van der Waals surface area contributed by atoms with Gasteiger partial charge in [-0.05, 0) is 19.4 Å². The Hall–Kier alpha value is -2.17. The van der Waals surface area contributed by atoms with Crippen molar-refractivity contribution in [2.24, 2.45) is 0 Å². The molecule has 0 aliphatic heterocycles. The van der Waals surface area contributed by atoms with Gasteiger partial charge in [0.25, 0.3) is 4.92 Å². The van der Waals surface area contributed by atoms with Gasteiger partial charge < -0.3 is 0 Å². The van der Waals surface area contributed by atoms with Gasteiger partial charge >= 0.3 is 5.69 Å². The van der Waals surface area contributed by atoms with Gasteiger partial charge in [-0.3, -0.25) is 4.68 Å². The second kappa shape index (κ2) is 4.37. The second-order valence-electron chi connectivity index (χ2n) is 4.03. The zero-order valence-electron chi connectivity index (χ0n) is 9.79. The molecule has 0 aliphatic rings. The summed E-state index contributed by atoms with van der Waals surface area (Å²) >= 11 is 0. The SMILES string of the molecule is Cc1ccc(Cn2ncc([N+](=O)O)c2C)cc1. The van der Waals surface area contributed by atoms with E-state index in [1.807, 2.05) is 31.2 Å². The van der Waals surface area contributed by atoms with E-state index in [-0.39, 0.29) is 10.6 Å². The van der Waals surface area contributed by atoms with Crippen molar-refractivity contribution in [3.63, 3.8) is 0 Å². The van der Waals surface area contributed by atoms with E-state index in [0.29, 0.717) is 12.2 Å². The molecule has 1 aromatic heterocycles. The van der Waals surface area contributed by atoms with Crippen molar-refractivity contribution in [3.05, 3.63) is 52.2 Å². The molecule has 0 aliphatic carbocycles. The lowest BCUT2D eigenvalue weighted by Gasteiger charge is -2.03. The minimum atomic E-state index is -0.159. The number of hydrogen-bond acceptors (Lipinski definition) is 2. The third-order valence-electron chi connectivity index (χ3n) is 2.74. The van der Waals surface area contributed by atoms with Crippen molar-refractivity contribution in [1.29, 1.82) is 0 Å². The summed E-state index contributed by atoms with van der Waals surface area (Å²) in [6, 6.07) is 8.09. The van der Waals surface area contributed by atoms with Crippen LogP contribution in [0.1, 0.15) is 16.8 Å². The van der Waals surface area contributed by atoms with Crippen molar-refractivity contribution in [1.82, 2.24) is 9.78 Å². The van der Waals surface area contributed by atoms with Gasteiger partial charge in [0, 0.05) is 0 Å². The molecule has 5 heteroatoms. The van der Waals surface area contributed by atoms with E-state index in [4.69, 9.17) is 5.21 Å². The predicted molar refractivity (Wildman–Crippen MR) is 62.3 cm³/mol. The van der Waals surface area contributed by atoms with E-state index in [9.17, 15) is 4.91 Å². The zero-order chi connectivity index (χ0) is 12.4. The number of aryl methyl sites for hydroxylation is 1. The van der Waals surface area contributed by atoms with Crippen LogP contribution in [0, 0.1) is 18.8 Å². The molecule has 1 heterocycles. The number of rotatable bonds is 3. The summed E-state index contributed by atoms with van der Waals surface area (Å²) in [5.41, 5.74) is 3.12. The molecule has 0 bridgehead atoms. The summed E-state index contributed by atoms with van der Waals surface area (Å²) in [6.07, 6.45) is 1.36. The van der Waals surface area contributed by atoms with Crippen LogP contribution in [0.15, 0.2) is 30.5 Å². The molecule has 0 amide bonds. The first kappa shape index (κ1) is 11.3. The van der Waals surface area contributed by atoms with E-state index < -0.39 is 0 Å². The molecule has 88 valence electrons. The van der Waals surface area contributed by atoms with Crippen molar-refractivity contribution in [2.75, 3.05) is 0 Å². The third-order valence-corrected chi connectivity index (χ3v) is 2.74. The van der Waals surface area contributed by atoms with Crippen LogP contribution < -0.4 is 0 Å². The van der Waals surface area contributed by atoms with Gasteiger partial charge in [0.15, 0.2) is 0 Å². The maximum absolute atomic E-state index is 10.8. The largest absolute Gasteiger partial charge is 0.356 e. The maximum Gasteiger partial charge on any atom is 0.356 e. The highest BCUT2D eigenvalue weighted by Gasteiger charge is 2.20. The lowest BCUT2D eigenvalue weighted by molar-refractivity contribution is -0.730. The van der Waals surface area contributed by atoms with Crippen molar-refractivity contribution in [2.45, 2.75) is 20.4 Å². The van der Waals surface area contributed by atoms with Gasteiger partial charge in [0.1, 0.15) is 11.9 Å². The van der Waals surface area contributed by atoms with E-state index >= 15 is 0 Å². The van der Waals surface area contributed by atoms with Gasteiger partial charge in [0.2, 0.25) is 0 Å². The number of aromatic nitrogens is 2. The summed E-state index contributed by atoms with van der Waals surface area (Å²) in [7, 11) is 0. The molecule has 5 nitrogen and oxygen atoms in total. The van der Waals surface area contributed by atoms with E-state index in [1.165, 1.54) is 11.8 Å². The highest BCUT2D eigenvalue weighted by molar-refractivity contribution is 5.31. The van der Waals surface area contributed by atoms with Crippen LogP contribution >= 0.6 is 0 Å². The first-order valence-corrected chi connectivity index (χ1v) is 5.32. The Bertz CT molecular complexity index is 543. The van der Waals surface area contributed by atoms with Crippen molar-refractivity contribution < 1.29 is 10.1 Å². The Balaban J connectivity index is 2.24. The van der Waals surface area contributed by atoms with Gasteiger partial charge in [-0.25, -0.2) is 5.21 Å². The summed E-state index contributed by atoms with van der Waals surface area (Å²) in [6.45, 7) is 4.36. The molecule has 2 aromatic rings. The molecule has 2 rings (SSSR count). The maximum atomic E-state index is 10.8. The molecular formula is C12H14N3O2+. The van der Waals surface area contributed by atoms with Gasteiger partial charge in [-0.2, -0.15) is 5.10 Å². The molecule has 0 radical (unpaired) electrons. The normalized spacial score (nSPS) is 10.5. The monoisotopic (exact) mass is 232 g/mol. The second-order valence-corrected chi connectivity index (χ2v) is 4.03. The first-order chi connectivity index (χ1) is 8.08. The molecule has 1 N–H and O–H groups in total. The van der Waals surface area contributed by atoms with E-state index in [0.717, 1.165) is 5.56 Å².